The second kappa shape index (κ2) is 7.23. The molecule has 2 aromatic rings. The van der Waals surface area contributed by atoms with Gasteiger partial charge in [-0.1, -0.05) is 24.3 Å². The zero-order chi connectivity index (χ0) is 18.7. The molecule has 0 saturated carbocycles. The molecular formula is C20H17NO5. The van der Waals surface area contributed by atoms with Crippen molar-refractivity contribution in [2.75, 3.05) is 19.1 Å². The van der Waals surface area contributed by atoms with Crippen LogP contribution in [0.2, 0.25) is 0 Å². The standard InChI is InChI=1S/C20H17NO5/c1-25-17-6-4-3-5-16(17)21-18(22)12-15(19(21)23)11-13-7-9-14(10-8-13)20(24)26-2/h3-11H,12H2,1-2H3. The largest absolute Gasteiger partial charge is 0.495 e. The number of hydrogen-bond acceptors (Lipinski definition) is 5. The van der Waals surface area contributed by atoms with E-state index in [2.05, 4.69) is 4.74 Å². The van der Waals surface area contributed by atoms with Crippen LogP contribution in [0.25, 0.3) is 6.08 Å². The van der Waals surface area contributed by atoms with Crippen LogP contribution < -0.4 is 9.64 Å². The molecular weight excluding hydrogens is 334 g/mol. The minimum Gasteiger partial charge on any atom is -0.495 e. The number of carbonyl (C=O) groups excluding carboxylic acids is 3. The maximum Gasteiger partial charge on any atom is 0.337 e. The molecule has 1 saturated heterocycles. The highest BCUT2D eigenvalue weighted by Crippen LogP contribution is 2.33. The summed E-state index contributed by atoms with van der Waals surface area (Å²) < 4.78 is 9.90. The number of benzene rings is 2. The molecule has 0 radical (unpaired) electrons. The van der Waals surface area contributed by atoms with Gasteiger partial charge in [-0.3, -0.25) is 9.59 Å². The maximum absolute atomic E-state index is 12.7. The smallest absolute Gasteiger partial charge is 0.337 e. The van der Waals surface area contributed by atoms with Crippen molar-refractivity contribution in [1.29, 1.82) is 0 Å². The van der Waals surface area contributed by atoms with Crippen molar-refractivity contribution < 1.29 is 23.9 Å². The second-order valence-electron chi connectivity index (χ2n) is 5.67. The van der Waals surface area contributed by atoms with Crippen LogP contribution in [-0.2, 0) is 14.3 Å². The van der Waals surface area contributed by atoms with E-state index in [1.54, 1.807) is 54.6 Å². The van der Waals surface area contributed by atoms with Crippen LogP contribution in [0.15, 0.2) is 54.1 Å². The number of hydrogen-bond donors (Lipinski definition) is 0. The number of para-hydroxylation sites is 2. The number of esters is 1. The predicted octanol–water partition coefficient (Wildman–Crippen LogP) is 2.83. The highest BCUT2D eigenvalue weighted by Gasteiger charge is 2.36. The number of carbonyl (C=O) groups is 3. The first-order chi connectivity index (χ1) is 12.5. The van der Waals surface area contributed by atoms with Gasteiger partial charge >= 0.3 is 5.97 Å². The van der Waals surface area contributed by atoms with Crippen molar-refractivity contribution in [3.8, 4) is 5.75 Å². The maximum atomic E-state index is 12.7. The van der Waals surface area contributed by atoms with E-state index in [0.717, 1.165) is 10.5 Å². The molecule has 3 rings (SSSR count). The lowest BCUT2D eigenvalue weighted by atomic mass is 10.1. The molecule has 2 amide bonds. The number of rotatable bonds is 4. The van der Waals surface area contributed by atoms with E-state index in [0.29, 0.717) is 22.6 Å². The predicted molar refractivity (Wildman–Crippen MR) is 95.9 cm³/mol. The summed E-state index contributed by atoms with van der Waals surface area (Å²) in [5.41, 5.74) is 1.94. The lowest BCUT2D eigenvalue weighted by Crippen LogP contribution is -2.29. The molecule has 0 unspecified atom stereocenters. The SMILES string of the molecule is COC(=O)c1ccc(C=C2CC(=O)N(c3ccccc3OC)C2=O)cc1. The fraction of sp³-hybridized carbons (Fsp3) is 0.150. The summed E-state index contributed by atoms with van der Waals surface area (Å²) in [4.78, 5) is 37.7. The van der Waals surface area contributed by atoms with E-state index >= 15 is 0 Å². The molecule has 1 aliphatic heterocycles. The van der Waals surface area contributed by atoms with Crippen LogP contribution in [0, 0.1) is 0 Å². The average molecular weight is 351 g/mol. The number of imide groups is 1. The Hall–Kier alpha value is -3.41. The lowest BCUT2D eigenvalue weighted by molar-refractivity contribution is -0.120. The quantitative estimate of drug-likeness (QED) is 0.481. The molecule has 0 aliphatic carbocycles. The molecule has 6 heteroatoms. The molecule has 0 aromatic heterocycles. The molecule has 0 bridgehead atoms. The molecule has 1 fully saturated rings. The Kier molecular flexibility index (Phi) is 4.84. The van der Waals surface area contributed by atoms with Gasteiger partial charge in [0.15, 0.2) is 0 Å². The molecule has 6 nitrogen and oxygen atoms in total. The summed E-state index contributed by atoms with van der Waals surface area (Å²) in [6.45, 7) is 0. The number of nitrogens with zero attached hydrogens (tertiary/aromatic N) is 1. The Bertz CT molecular complexity index is 899. The molecule has 0 spiro atoms. The van der Waals surface area contributed by atoms with Crippen molar-refractivity contribution in [2.45, 2.75) is 6.42 Å². The number of methoxy groups -OCH3 is 2. The van der Waals surface area contributed by atoms with Gasteiger partial charge in [-0.25, -0.2) is 9.69 Å². The van der Waals surface area contributed by atoms with Gasteiger partial charge in [0.1, 0.15) is 5.75 Å². The van der Waals surface area contributed by atoms with Crippen molar-refractivity contribution in [3.63, 3.8) is 0 Å². The second-order valence-corrected chi connectivity index (χ2v) is 5.67. The molecule has 132 valence electrons. The monoisotopic (exact) mass is 351 g/mol. The van der Waals surface area contributed by atoms with Crippen molar-refractivity contribution in [2.24, 2.45) is 0 Å². The number of amides is 2. The van der Waals surface area contributed by atoms with Gasteiger partial charge in [0.25, 0.3) is 5.91 Å². The van der Waals surface area contributed by atoms with E-state index < -0.39 is 5.97 Å². The first-order valence-corrected chi connectivity index (χ1v) is 7.94. The van der Waals surface area contributed by atoms with E-state index in [4.69, 9.17) is 4.74 Å². The summed E-state index contributed by atoms with van der Waals surface area (Å²) in [7, 11) is 2.80. The zero-order valence-corrected chi connectivity index (χ0v) is 14.4. The van der Waals surface area contributed by atoms with Gasteiger partial charge in [0.2, 0.25) is 5.91 Å². The molecule has 0 N–H and O–H groups in total. The number of ether oxygens (including phenoxy) is 2. The summed E-state index contributed by atoms with van der Waals surface area (Å²) in [6.07, 6.45) is 1.66. The third-order valence-corrected chi connectivity index (χ3v) is 4.07. The average Bonchev–Trinajstić information content (AvgIpc) is 2.94. The van der Waals surface area contributed by atoms with Gasteiger partial charge in [0.05, 0.1) is 31.9 Å². The normalized spacial score (nSPS) is 15.5. The highest BCUT2D eigenvalue weighted by atomic mass is 16.5. The summed E-state index contributed by atoms with van der Waals surface area (Å²) in [5, 5.41) is 0. The molecule has 1 aliphatic rings. The van der Waals surface area contributed by atoms with Gasteiger partial charge in [-0.15, -0.1) is 0 Å². The fourth-order valence-corrected chi connectivity index (χ4v) is 2.78. The first kappa shape index (κ1) is 17.4. The fourth-order valence-electron chi connectivity index (χ4n) is 2.78. The molecule has 1 heterocycles. The molecule has 26 heavy (non-hydrogen) atoms. The van der Waals surface area contributed by atoms with E-state index in [-0.39, 0.29) is 18.2 Å². The number of anilines is 1. The van der Waals surface area contributed by atoms with Gasteiger partial charge < -0.3 is 9.47 Å². The van der Waals surface area contributed by atoms with Crippen LogP contribution in [-0.4, -0.2) is 32.0 Å². The van der Waals surface area contributed by atoms with Crippen LogP contribution in [0.3, 0.4) is 0 Å². The highest BCUT2D eigenvalue weighted by molar-refractivity contribution is 6.30. The Labute approximate surface area is 150 Å². The van der Waals surface area contributed by atoms with Crippen LogP contribution in [0.5, 0.6) is 5.75 Å². The van der Waals surface area contributed by atoms with Crippen molar-refractivity contribution in [1.82, 2.24) is 0 Å². The third-order valence-electron chi connectivity index (χ3n) is 4.07. The minimum atomic E-state index is -0.432. The summed E-state index contributed by atoms with van der Waals surface area (Å²) in [5.74, 6) is -0.662. The molecule has 2 aromatic carbocycles. The van der Waals surface area contributed by atoms with Crippen LogP contribution in [0.4, 0.5) is 5.69 Å². The van der Waals surface area contributed by atoms with Crippen LogP contribution >= 0.6 is 0 Å². The Morgan fingerprint density at radius 3 is 2.38 bits per heavy atom. The zero-order valence-electron chi connectivity index (χ0n) is 14.4. The Morgan fingerprint density at radius 1 is 1.04 bits per heavy atom. The van der Waals surface area contributed by atoms with Gasteiger partial charge in [-0.05, 0) is 35.9 Å². The molecule has 0 atom stereocenters. The lowest BCUT2D eigenvalue weighted by Gasteiger charge is -2.16. The van der Waals surface area contributed by atoms with Gasteiger partial charge in [-0.2, -0.15) is 0 Å². The van der Waals surface area contributed by atoms with Crippen molar-refractivity contribution in [3.05, 3.63) is 65.2 Å². The van der Waals surface area contributed by atoms with E-state index in [9.17, 15) is 14.4 Å². The van der Waals surface area contributed by atoms with Gasteiger partial charge in [0, 0.05) is 5.57 Å². The Morgan fingerprint density at radius 2 is 1.73 bits per heavy atom. The van der Waals surface area contributed by atoms with E-state index in [1.165, 1.54) is 14.2 Å². The summed E-state index contributed by atoms with van der Waals surface area (Å²) in [6, 6.07) is 13.5. The topological polar surface area (TPSA) is 72.9 Å². The minimum absolute atomic E-state index is 0.00956. The third kappa shape index (κ3) is 3.21. The van der Waals surface area contributed by atoms with Crippen molar-refractivity contribution >= 4 is 29.5 Å². The van der Waals surface area contributed by atoms with E-state index in [1.807, 2.05) is 0 Å². The van der Waals surface area contributed by atoms with Crippen LogP contribution in [0.1, 0.15) is 22.3 Å². The first-order valence-electron chi connectivity index (χ1n) is 7.94. The Balaban J connectivity index is 1.89. The summed E-state index contributed by atoms with van der Waals surface area (Å²) >= 11 is 0.